The largest absolute Gasteiger partial charge is 0.312 e. The van der Waals surface area contributed by atoms with Gasteiger partial charge < -0.3 is 9.13 Å². The fourth-order valence-electron chi connectivity index (χ4n) is 10.5. The molecule has 5 heteroatoms. The molecule has 60 heavy (non-hydrogen) atoms. The summed E-state index contributed by atoms with van der Waals surface area (Å²) < 4.78 is 5.02. The summed E-state index contributed by atoms with van der Waals surface area (Å²) in [6.07, 6.45) is 12.5. The summed E-state index contributed by atoms with van der Waals surface area (Å²) in [5.41, 5.74) is 10.6. The van der Waals surface area contributed by atoms with Gasteiger partial charge in [0.2, 0.25) is 0 Å². The van der Waals surface area contributed by atoms with Crippen molar-refractivity contribution >= 4 is 76.7 Å². The number of nitrogens with zero attached hydrogens (tertiary/aromatic N) is 5. The van der Waals surface area contributed by atoms with Gasteiger partial charge in [-0.15, -0.1) is 0 Å². The molecule has 0 N–H and O–H groups in total. The summed E-state index contributed by atoms with van der Waals surface area (Å²) in [5.74, 6) is 1.96. The Morgan fingerprint density at radius 3 is 1.92 bits per heavy atom. The Morgan fingerprint density at radius 1 is 0.467 bits per heavy atom. The van der Waals surface area contributed by atoms with E-state index in [1.807, 2.05) is 18.2 Å². The molecule has 2 aliphatic carbocycles. The van der Waals surface area contributed by atoms with Gasteiger partial charge >= 0.3 is 0 Å². The minimum absolute atomic E-state index is 0.433. The number of hydrogen-bond donors (Lipinski definition) is 0. The minimum atomic E-state index is -0.433. The van der Waals surface area contributed by atoms with Gasteiger partial charge in [-0.3, -0.25) is 0 Å². The van der Waals surface area contributed by atoms with Crippen LogP contribution in [0.3, 0.4) is 0 Å². The standard InChI is InChI=1S/C55H33N5/c1-2-12-34(13-3-1)52-56-53-39-24-26-55(32-39)25-10-19-42-44-27-35-14-4-6-16-37(35)29-48(44)59(51(42)55)40-21-23-47-46(31-40)45-28-36-15-5-7-17-38(36)30-49(45)60(47)50-41-18-9-8-11-33(41)20-22-43(50)54(57-52)58-53/h1-24,26-32H,25H2. The quantitative estimate of drug-likeness (QED) is 0.167. The van der Waals surface area contributed by atoms with Gasteiger partial charge in [-0.25, -0.2) is 15.0 Å². The zero-order valence-electron chi connectivity index (χ0n) is 32.3. The molecule has 0 saturated heterocycles. The number of allylic oxidation sites excluding steroid dienone is 5. The maximum atomic E-state index is 5.45. The van der Waals surface area contributed by atoms with Gasteiger partial charge in [0.25, 0.3) is 0 Å². The van der Waals surface area contributed by atoms with Gasteiger partial charge in [0.15, 0.2) is 17.5 Å². The highest BCUT2D eigenvalue weighted by atomic mass is 15.1. The molecule has 0 amide bonds. The first-order valence-corrected chi connectivity index (χ1v) is 20.7. The van der Waals surface area contributed by atoms with Crippen LogP contribution in [-0.4, -0.2) is 24.1 Å². The lowest BCUT2D eigenvalue weighted by Crippen LogP contribution is -2.25. The second-order valence-electron chi connectivity index (χ2n) is 16.5. The average Bonchev–Trinajstić information content (AvgIpc) is 3.97. The molecule has 2 aliphatic heterocycles. The number of aromatic nitrogens is 5. The summed E-state index contributed by atoms with van der Waals surface area (Å²) in [5, 5.41) is 10.8. The molecule has 5 nitrogen and oxygen atoms in total. The van der Waals surface area contributed by atoms with Crippen molar-refractivity contribution in [1.82, 2.24) is 24.1 Å². The molecular formula is C55H33N5. The summed E-state index contributed by atoms with van der Waals surface area (Å²) in [6.45, 7) is 0. The highest BCUT2D eigenvalue weighted by molar-refractivity contribution is 6.16. The van der Waals surface area contributed by atoms with Crippen molar-refractivity contribution in [2.24, 2.45) is 0 Å². The molecule has 278 valence electrons. The molecule has 8 bridgehead atoms. The summed E-state index contributed by atoms with van der Waals surface area (Å²) in [6, 6.07) is 57.4. The van der Waals surface area contributed by atoms with Crippen LogP contribution in [0, 0.1) is 0 Å². The van der Waals surface area contributed by atoms with Crippen molar-refractivity contribution in [2.45, 2.75) is 11.8 Å². The van der Waals surface area contributed by atoms with Crippen LogP contribution in [-0.2, 0) is 5.41 Å². The lowest BCUT2D eigenvalue weighted by molar-refractivity contribution is 0.645. The van der Waals surface area contributed by atoms with Crippen LogP contribution < -0.4 is 0 Å². The molecule has 11 aromatic rings. The number of rotatable bonds is 1. The Morgan fingerprint density at radius 2 is 1.12 bits per heavy atom. The summed E-state index contributed by atoms with van der Waals surface area (Å²) in [7, 11) is 0. The Bertz CT molecular complexity index is 3810. The lowest BCUT2D eigenvalue weighted by Gasteiger charge is -2.30. The third kappa shape index (κ3) is 4.33. The Kier molecular flexibility index (Phi) is 6.22. The van der Waals surface area contributed by atoms with Crippen molar-refractivity contribution in [2.75, 3.05) is 0 Å². The zero-order valence-corrected chi connectivity index (χ0v) is 32.3. The van der Waals surface area contributed by atoms with E-state index in [1.54, 1.807) is 0 Å². The smallest absolute Gasteiger partial charge is 0.166 e. The summed E-state index contributed by atoms with van der Waals surface area (Å²) in [4.78, 5) is 16.0. The van der Waals surface area contributed by atoms with Gasteiger partial charge in [-0.1, -0.05) is 140 Å². The predicted octanol–water partition coefficient (Wildman–Crippen LogP) is 13.3. The van der Waals surface area contributed by atoms with Crippen molar-refractivity contribution in [3.05, 3.63) is 199 Å². The third-order valence-corrected chi connectivity index (χ3v) is 13.2. The van der Waals surface area contributed by atoms with E-state index in [2.05, 4.69) is 179 Å². The van der Waals surface area contributed by atoms with Crippen molar-refractivity contribution < 1.29 is 0 Å². The third-order valence-electron chi connectivity index (χ3n) is 13.2. The molecule has 1 spiro atoms. The first-order valence-electron chi connectivity index (χ1n) is 20.7. The molecule has 4 aliphatic rings. The second-order valence-corrected chi connectivity index (χ2v) is 16.5. The minimum Gasteiger partial charge on any atom is -0.312 e. The van der Waals surface area contributed by atoms with E-state index in [9.17, 15) is 0 Å². The van der Waals surface area contributed by atoms with Crippen molar-refractivity contribution in [3.8, 4) is 34.2 Å². The molecule has 1 unspecified atom stereocenters. The van der Waals surface area contributed by atoms with Gasteiger partial charge in [-0.2, -0.15) is 0 Å². The Labute approximate surface area is 344 Å². The van der Waals surface area contributed by atoms with E-state index in [0.29, 0.717) is 17.5 Å². The molecule has 3 aromatic heterocycles. The lowest BCUT2D eigenvalue weighted by atomic mass is 9.77. The Balaban J connectivity index is 1.21. The van der Waals surface area contributed by atoms with Gasteiger partial charge in [0.1, 0.15) is 0 Å². The van der Waals surface area contributed by atoms with E-state index in [1.165, 1.54) is 54.5 Å². The molecule has 0 radical (unpaired) electrons. The first-order chi connectivity index (χ1) is 29.7. The van der Waals surface area contributed by atoms with Crippen molar-refractivity contribution in [1.29, 1.82) is 0 Å². The number of hydrogen-bond acceptors (Lipinski definition) is 3. The predicted molar refractivity (Wildman–Crippen MR) is 247 cm³/mol. The van der Waals surface area contributed by atoms with E-state index >= 15 is 0 Å². The topological polar surface area (TPSA) is 48.5 Å². The monoisotopic (exact) mass is 763 g/mol. The molecule has 0 fully saturated rings. The van der Waals surface area contributed by atoms with Crippen LogP contribution in [0.2, 0.25) is 0 Å². The number of benzene rings is 8. The molecular weight excluding hydrogens is 731 g/mol. The fourth-order valence-corrected chi connectivity index (χ4v) is 10.5. The van der Waals surface area contributed by atoms with Gasteiger partial charge in [0, 0.05) is 55.2 Å². The van der Waals surface area contributed by atoms with Gasteiger partial charge in [-0.05, 0) is 81.9 Å². The molecule has 15 rings (SSSR count). The van der Waals surface area contributed by atoms with Crippen LogP contribution in [0.15, 0.2) is 182 Å². The van der Waals surface area contributed by atoms with Crippen molar-refractivity contribution in [3.63, 3.8) is 0 Å². The molecule has 8 aromatic carbocycles. The van der Waals surface area contributed by atoms with Crippen LogP contribution >= 0.6 is 0 Å². The molecule has 5 heterocycles. The molecule has 1 atom stereocenters. The maximum absolute atomic E-state index is 5.45. The average molecular weight is 764 g/mol. The first kappa shape index (κ1) is 32.1. The Hall–Kier alpha value is -7.89. The summed E-state index contributed by atoms with van der Waals surface area (Å²) >= 11 is 0. The van der Waals surface area contributed by atoms with Crippen LogP contribution in [0.1, 0.15) is 23.5 Å². The van der Waals surface area contributed by atoms with Gasteiger partial charge in [0.05, 0.1) is 27.7 Å². The number of fused-ring (bicyclic) bond motifs is 7. The SMILES string of the molecule is C1=Cc2c3n(c4cc5ccccc5cc24)-c2ccc4c(c2)c2cc5ccccc5cc2n4-c2c(ccc4ccccc24)-c2nc(nc(-c4ccccc4)n2)C2=CC3(C=C2)C1. The molecule has 0 saturated carbocycles. The van der Waals surface area contributed by atoms with E-state index in [4.69, 9.17) is 15.0 Å². The van der Waals surface area contributed by atoms with E-state index < -0.39 is 5.41 Å². The zero-order chi connectivity index (χ0) is 39.1. The fraction of sp³-hybridized carbons (Fsp3) is 0.0364. The normalized spacial score (nSPS) is 16.3. The van der Waals surface area contributed by atoms with Crippen LogP contribution in [0.25, 0.3) is 111 Å². The highest BCUT2D eigenvalue weighted by Crippen LogP contribution is 2.50. The van der Waals surface area contributed by atoms with Crippen LogP contribution in [0.5, 0.6) is 0 Å². The highest BCUT2D eigenvalue weighted by Gasteiger charge is 2.39. The maximum Gasteiger partial charge on any atom is 0.166 e. The van der Waals surface area contributed by atoms with E-state index in [0.717, 1.165) is 56.3 Å². The van der Waals surface area contributed by atoms with Crippen LogP contribution in [0.4, 0.5) is 0 Å². The second kappa shape index (κ2) is 11.6. The van der Waals surface area contributed by atoms with E-state index in [-0.39, 0.29) is 0 Å².